The molecular formula is C26H34N2O2S. The summed E-state index contributed by atoms with van der Waals surface area (Å²) in [4.78, 5) is 26.2. The maximum atomic E-state index is 13.7. The van der Waals surface area contributed by atoms with E-state index in [2.05, 4.69) is 22.8 Å². The summed E-state index contributed by atoms with van der Waals surface area (Å²) >= 11 is 4.96. The third-order valence-corrected chi connectivity index (χ3v) is 7.29. The normalized spacial score (nSPS) is 17.4. The number of carbonyl (C=O) groups is 2. The van der Waals surface area contributed by atoms with Crippen LogP contribution in [0.4, 0.5) is 0 Å². The van der Waals surface area contributed by atoms with Crippen molar-refractivity contribution in [3.8, 4) is 0 Å². The third kappa shape index (κ3) is 6.13. The highest BCUT2D eigenvalue weighted by Crippen LogP contribution is 2.43. The first kappa shape index (κ1) is 23.4. The van der Waals surface area contributed by atoms with Crippen LogP contribution in [-0.2, 0) is 22.4 Å². The average Bonchev–Trinajstić information content (AvgIpc) is 2.83. The van der Waals surface area contributed by atoms with Crippen LogP contribution in [0.3, 0.4) is 0 Å². The predicted molar refractivity (Wildman–Crippen MR) is 129 cm³/mol. The molecule has 0 aromatic heterocycles. The molecule has 2 aromatic rings. The zero-order chi connectivity index (χ0) is 22.1. The summed E-state index contributed by atoms with van der Waals surface area (Å²) < 4.78 is 0. The molecule has 1 aliphatic carbocycles. The Morgan fingerprint density at radius 3 is 2.10 bits per heavy atom. The summed E-state index contributed by atoms with van der Waals surface area (Å²) in [7, 11) is 1.62. The van der Waals surface area contributed by atoms with Gasteiger partial charge < -0.3 is 10.6 Å². The molecule has 2 N–H and O–H groups in total. The third-order valence-electron chi connectivity index (χ3n) is 6.54. The molecular weight excluding hydrogens is 404 g/mol. The Balaban J connectivity index is 1.74. The number of likely N-dealkylation sites (N-methyl/N-ethyl adjacent to an activating group) is 1. The Kier molecular flexibility index (Phi) is 8.59. The number of hydrogen-bond donors (Lipinski definition) is 3. The second-order valence-corrected chi connectivity index (χ2v) is 9.21. The molecule has 0 saturated heterocycles. The van der Waals surface area contributed by atoms with Crippen molar-refractivity contribution in [3.05, 3.63) is 71.8 Å². The minimum atomic E-state index is -0.589. The van der Waals surface area contributed by atoms with Crippen molar-refractivity contribution in [2.75, 3.05) is 7.05 Å². The van der Waals surface area contributed by atoms with Gasteiger partial charge in [0.15, 0.2) is 0 Å². The average molecular weight is 439 g/mol. The summed E-state index contributed by atoms with van der Waals surface area (Å²) in [5.74, 6) is -0.187. The lowest BCUT2D eigenvalue weighted by atomic mass is 9.69. The lowest BCUT2D eigenvalue weighted by Crippen LogP contribution is -2.55. The number of thiol groups is 1. The Bertz CT molecular complexity index is 835. The van der Waals surface area contributed by atoms with Crippen molar-refractivity contribution in [1.82, 2.24) is 10.6 Å². The molecule has 1 fully saturated rings. The molecule has 0 bridgehead atoms. The number of nitrogens with one attached hydrogen (secondary N) is 2. The van der Waals surface area contributed by atoms with Crippen molar-refractivity contribution in [2.45, 2.75) is 62.7 Å². The topological polar surface area (TPSA) is 58.2 Å². The fourth-order valence-corrected chi connectivity index (χ4v) is 5.16. The summed E-state index contributed by atoms with van der Waals surface area (Å²) in [6.45, 7) is 0. The van der Waals surface area contributed by atoms with Gasteiger partial charge in [-0.1, -0.05) is 79.9 Å². The smallest absolute Gasteiger partial charge is 0.242 e. The lowest BCUT2D eigenvalue weighted by Gasteiger charge is -2.41. The van der Waals surface area contributed by atoms with Crippen LogP contribution in [-0.4, -0.2) is 30.2 Å². The van der Waals surface area contributed by atoms with Gasteiger partial charge in [0.2, 0.25) is 11.8 Å². The molecule has 1 saturated carbocycles. The number of carbonyl (C=O) groups excluding carboxylic acids is 2. The van der Waals surface area contributed by atoms with Crippen LogP contribution in [0.5, 0.6) is 0 Å². The minimum Gasteiger partial charge on any atom is -0.357 e. The van der Waals surface area contributed by atoms with E-state index in [4.69, 9.17) is 12.6 Å². The molecule has 0 radical (unpaired) electrons. The van der Waals surface area contributed by atoms with Gasteiger partial charge in [0.25, 0.3) is 0 Å². The molecule has 0 spiro atoms. The highest BCUT2D eigenvalue weighted by atomic mass is 32.1. The summed E-state index contributed by atoms with van der Waals surface area (Å²) in [6.07, 6.45) is 7.07. The SMILES string of the molecule is CNC(=O)[C@H](Cc1ccccc1)NC(=O)C1(C(S)CCc2ccccc2)CCCCC1. The Hall–Kier alpha value is -2.27. The minimum absolute atomic E-state index is 0.0233. The van der Waals surface area contributed by atoms with E-state index in [1.54, 1.807) is 7.05 Å². The highest BCUT2D eigenvalue weighted by Gasteiger charge is 2.45. The molecule has 2 amide bonds. The molecule has 166 valence electrons. The van der Waals surface area contributed by atoms with Crippen molar-refractivity contribution < 1.29 is 9.59 Å². The zero-order valence-corrected chi connectivity index (χ0v) is 19.2. The maximum absolute atomic E-state index is 13.7. The van der Waals surface area contributed by atoms with E-state index in [1.807, 2.05) is 48.5 Å². The van der Waals surface area contributed by atoms with E-state index in [0.717, 1.165) is 50.5 Å². The predicted octanol–water partition coefficient (Wildman–Crippen LogP) is 4.34. The molecule has 31 heavy (non-hydrogen) atoms. The first-order valence-corrected chi connectivity index (χ1v) is 11.9. The first-order chi connectivity index (χ1) is 15.0. The van der Waals surface area contributed by atoms with Crippen LogP contribution in [0.2, 0.25) is 0 Å². The number of hydrogen-bond acceptors (Lipinski definition) is 3. The van der Waals surface area contributed by atoms with E-state index >= 15 is 0 Å². The van der Waals surface area contributed by atoms with Crippen LogP contribution in [0.25, 0.3) is 0 Å². The second-order valence-electron chi connectivity index (χ2n) is 8.59. The molecule has 3 rings (SSSR count). The van der Waals surface area contributed by atoms with Crippen molar-refractivity contribution >= 4 is 24.4 Å². The lowest BCUT2D eigenvalue weighted by molar-refractivity contribution is -0.137. The Labute approximate surface area is 191 Å². The van der Waals surface area contributed by atoms with Gasteiger partial charge in [0.1, 0.15) is 6.04 Å². The summed E-state index contributed by atoms with van der Waals surface area (Å²) in [5, 5.41) is 5.77. The second kappa shape index (κ2) is 11.4. The molecule has 2 aromatic carbocycles. The van der Waals surface area contributed by atoms with Crippen LogP contribution in [0, 0.1) is 5.41 Å². The molecule has 4 nitrogen and oxygen atoms in total. The van der Waals surface area contributed by atoms with Crippen molar-refractivity contribution in [1.29, 1.82) is 0 Å². The Morgan fingerprint density at radius 1 is 0.935 bits per heavy atom. The van der Waals surface area contributed by atoms with E-state index in [-0.39, 0.29) is 17.1 Å². The standard InChI is InChI=1S/C26H34N2O2S/c1-27-24(29)22(19-21-13-7-3-8-14-21)28-25(30)26(17-9-4-10-18-26)23(31)16-15-20-11-5-2-6-12-20/h2-3,5-8,11-14,22-23,31H,4,9-10,15-19H2,1H3,(H,27,29)(H,28,30)/t22-,23?/m0/s1. The van der Waals surface area contributed by atoms with Crippen LogP contribution in [0.15, 0.2) is 60.7 Å². The first-order valence-electron chi connectivity index (χ1n) is 11.3. The quantitative estimate of drug-likeness (QED) is 0.510. The van der Waals surface area contributed by atoms with Gasteiger partial charge in [0.05, 0.1) is 5.41 Å². The molecule has 1 unspecified atom stereocenters. The van der Waals surface area contributed by atoms with Gasteiger partial charge >= 0.3 is 0 Å². The fraction of sp³-hybridized carbons (Fsp3) is 0.462. The van der Waals surface area contributed by atoms with Crippen molar-refractivity contribution in [2.24, 2.45) is 5.41 Å². The van der Waals surface area contributed by atoms with E-state index < -0.39 is 11.5 Å². The van der Waals surface area contributed by atoms with Gasteiger partial charge in [-0.3, -0.25) is 9.59 Å². The number of aryl methyl sites for hydroxylation is 1. The van der Waals surface area contributed by atoms with Crippen LogP contribution < -0.4 is 10.6 Å². The summed E-state index contributed by atoms with van der Waals surface area (Å²) in [5.41, 5.74) is 1.76. The maximum Gasteiger partial charge on any atom is 0.242 e. The van der Waals surface area contributed by atoms with Crippen LogP contribution >= 0.6 is 12.6 Å². The van der Waals surface area contributed by atoms with Gasteiger partial charge in [0, 0.05) is 18.7 Å². The van der Waals surface area contributed by atoms with E-state index in [0.29, 0.717) is 6.42 Å². The van der Waals surface area contributed by atoms with E-state index in [1.165, 1.54) is 5.56 Å². The van der Waals surface area contributed by atoms with Gasteiger partial charge in [-0.2, -0.15) is 12.6 Å². The largest absolute Gasteiger partial charge is 0.357 e. The van der Waals surface area contributed by atoms with Gasteiger partial charge in [-0.15, -0.1) is 0 Å². The van der Waals surface area contributed by atoms with Crippen molar-refractivity contribution in [3.63, 3.8) is 0 Å². The van der Waals surface area contributed by atoms with Gasteiger partial charge in [-0.25, -0.2) is 0 Å². The number of benzene rings is 2. The monoisotopic (exact) mass is 438 g/mol. The highest BCUT2D eigenvalue weighted by molar-refractivity contribution is 7.81. The Morgan fingerprint density at radius 2 is 1.52 bits per heavy atom. The van der Waals surface area contributed by atoms with Crippen LogP contribution in [0.1, 0.15) is 49.7 Å². The molecule has 2 atom stereocenters. The van der Waals surface area contributed by atoms with E-state index in [9.17, 15) is 9.59 Å². The fourth-order valence-electron chi connectivity index (χ4n) is 4.65. The molecule has 5 heteroatoms. The number of rotatable bonds is 9. The summed E-state index contributed by atoms with van der Waals surface area (Å²) in [6, 6.07) is 19.6. The molecule has 0 aliphatic heterocycles. The zero-order valence-electron chi connectivity index (χ0n) is 18.3. The molecule has 1 aliphatic rings. The van der Waals surface area contributed by atoms with Gasteiger partial charge in [-0.05, 0) is 36.8 Å². The molecule has 0 heterocycles. The number of amides is 2.